The molecule has 3 rings (SSSR count). The standard InChI is InChI=1S/C17H32NP.C16H14.Ti/c1-14(2)11-19(12-15(3)4,13-16(5)6)18-17-9-7-8-10-17;1-13(15-9-5-3-6-10-15)14(2)16-11-7-4-8-12-16;/h7-9,14-16H,10-13H2,1-6H3;3-12H,1-2H2;. The molecule has 1 aliphatic carbocycles. The first-order valence-corrected chi connectivity index (χ1v) is 15.4. The predicted octanol–water partition coefficient (Wildman–Crippen LogP) is 10.4. The number of hydrogen-bond acceptors (Lipinski definition) is 1. The van der Waals surface area contributed by atoms with E-state index in [1.165, 1.54) is 24.2 Å². The molecule has 0 aliphatic heterocycles. The van der Waals surface area contributed by atoms with Crippen LogP contribution in [0.1, 0.15) is 59.1 Å². The second kappa shape index (κ2) is 16.2. The summed E-state index contributed by atoms with van der Waals surface area (Å²) in [4.78, 5) is 0. The first kappa shape index (κ1) is 32.4. The molecule has 0 spiro atoms. The van der Waals surface area contributed by atoms with E-state index in [-0.39, 0.29) is 21.7 Å². The molecule has 0 atom stereocenters. The van der Waals surface area contributed by atoms with Crippen molar-refractivity contribution in [2.75, 3.05) is 18.5 Å². The van der Waals surface area contributed by atoms with Crippen LogP contribution in [-0.2, 0) is 21.7 Å². The fourth-order valence-corrected chi connectivity index (χ4v) is 10.3. The van der Waals surface area contributed by atoms with Gasteiger partial charge in [-0.2, -0.15) is 0 Å². The van der Waals surface area contributed by atoms with E-state index in [4.69, 9.17) is 4.74 Å². The van der Waals surface area contributed by atoms with Crippen LogP contribution in [0.25, 0.3) is 11.1 Å². The minimum atomic E-state index is -1.20. The number of allylic oxidation sites excluding steroid dienone is 5. The fraction of sp³-hybridized carbons (Fsp3) is 0.394. The Balaban J connectivity index is 0.000000354. The normalized spacial score (nSPS) is 12.6. The Morgan fingerprint density at radius 3 is 1.42 bits per heavy atom. The van der Waals surface area contributed by atoms with Crippen LogP contribution in [0.4, 0.5) is 0 Å². The van der Waals surface area contributed by atoms with Gasteiger partial charge in [0.15, 0.2) is 0 Å². The molecular formula is C33H46NPTi. The summed E-state index contributed by atoms with van der Waals surface area (Å²) in [7, 11) is -1.20. The van der Waals surface area contributed by atoms with Gasteiger partial charge in [-0.3, -0.25) is 4.74 Å². The van der Waals surface area contributed by atoms with Crippen LogP contribution in [0.2, 0.25) is 0 Å². The molecule has 192 valence electrons. The SMILES string of the molecule is C=C(C(=C)c1ccccc1)c1ccccc1.CC(C)CP(CC(C)C)(CC(C)C)=NC1=CC=CC1.[Ti]. The Kier molecular flexibility index (Phi) is 14.6. The van der Waals surface area contributed by atoms with Gasteiger partial charge in [0.25, 0.3) is 0 Å². The average molecular weight is 536 g/mol. The van der Waals surface area contributed by atoms with Crippen LogP contribution in [-0.4, -0.2) is 18.5 Å². The van der Waals surface area contributed by atoms with Crippen LogP contribution >= 0.6 is 7.05 Å². The predicted molar refractivity (Wildman–Crippen MR) is 161 cm³/mol. The summed E-state index contributed by atoms with van der Waals surface area (Å²) in [6, 6.07) is 20.3. The molecule has 0 radical (unpaired) electrons. The summed E-state index contributed by atoms with van der Waals surface area (Å²) in [5.41, 5.74) is 5.53. The number of nitrogens with zero attached hydrogens (tertiary/aromatic N) is 1. The summed E-state index contributed by atoms with van der Waals surface area (Å²) < 4.78 is 5.34. The Bertz CT molecular complexity index is 977. The van der Waals surface area contributed by atoms with Crippen molar-refractivity contribution in [2.24, 2.45) is 22.5 Å². The molecular weight excluding hydrogens is 489 g/mol. The Hall–Kier alpha value is -1.66. The van der Waals surface area contributed by atoms with Crippen molar-refractivity contribution in [3.8, 4) is 0 Å². The van der Waals surface area contributed by atoms with Gasteiger partial charge in [-0.15, -0.1) is 0 Å². The Morgan fingerprint density at radius 1 is 0.722 bits per heavy atom. The molecule has 2 aromatic rings. The van der Waals surface area contributed by atoms with E-state index >= 15 is 0 Å². The molecule has 0 saturated carbocycles. The summed E-state index contributed by atoms with van der Waals surface area (Å²) in [5, 5.41) is 0. The third-order valence-corrected chi connectivity index (χ3v) is 10.7. The zero-order valence-electron chi connectivity index (χ0n) is 23.4. The van der Waals surface area contributed by atoms with Gasteiger partial charge in [0, 0.05) is 33.8 Å². The maximum absolute atomic E-state index is 5.34. The maximum atomic E-state index is 5.34. The zero-order valence-corrected chi connectivity index (χ0v) is 25.8. The van der Waals surface area contributed by atoms with E-state index in [2.05, 4.69) is 97.2 Å². The summed E-state index contributed by atoms with van der Waals surface area (Å²) in [6.07, 6.45) is 11.6. The Morgan fingerprint density at radius 2 is 1.11 bits per heavy atom. The summed E-state index contributed by atoms with van der Waals surface area (Å²) in [6.45, 7) is 22.3. The molecule has 0 amide bonds. The van der Waals surface area contributed by atoms with Crippen molar-refractivity contribution in [1.29, 1.82) is 0 Å². The van der Waals surface area contributed by atoms with Gasteiger partial charge in [0.2, 0.25) is 0 Å². The monoisotopic (exact) mass is 535 g/mol. The van der Waals surface area contributed by atoms with E-state index < -0.39 is 7.05 Å². The molecule has 0 N–H and O–H groups in total. The average Bonchev–Trinajstić information content (AvgIpc) is 3.30. The van der Waals surface area contributed by atoms with Crippen LogP contribution in [0.3, 0.4) is 0 Å². The second-order valence-electron chi connectivity index (χ2n) is 10.9. The molecule has 1 nitrogen and oxygen atoms in total. The summed E-state index contributed by atoms with van der Waals surface area (Å²) >= 11 is 0. The van der Waals surface area contributed by atoms with Crippen LogP contribution in [0.5, 0.6) is 0 Å². The molecule has 0 fully saturated rings. The largest absolute Gasteiger partial charge is 0.272 e. The van der Waals surface area contributed by atoms with Gasteiger partial charge in [0.1, 0.15) is 0 Å². The topological polar surface area (TPSA) is 12.4 Å². The van der Waals surface area contributed by atoms with Crippen molar-refractivity contribution in [3.05, 3.63) is 109 Å². The third kappa shape index (κ3) is 11.2. The molecule has 36 heavy (non-hydrogen) atoms. The van der Waals surface area contributed by atoms with E-state index in [1.54, 1.807) is 0 Å². The quantitative estimate of drug-likeness (QED) is 0.163. The number of hydrogen-bond donors (Lipinski definition) is 0. The van der Waals surface area contributed by atoms with E-state index in [1.807, 2.05) is 36.4 Å². The minimum absolute atomic E-state index is 0. The van der Waals surface area contributed by atoms with Gasteiger partial charge in [-0.05, 0) is 71.6 Å². The first-order chi connectivity index (χ1) is 16.6. The molecule has 0 unspecified atom stereocenters. The molecule has 2 aromatic carbocycles. The maximum Gasteiger partial charge on any atom is 0.0425 e. The molecule has 0 heterocycles. The van der Waals surface area contributed by atoms with Crippen molar-refractivity contribution in [3.63, 3.8) is 0 Å². The van der Waals surface area contributed by atoms with Gasteiger partial charge >= 0.3 is 0 Å². The molecule has 1 aliphatic rings. The molecule has 3 heteroatoms. The molecule has 0 saturated heterocycles. The third-order valence-electron chi connectivity index (χ3n) is 5.82. The van der Waals surface area contributed by atoms with Crippen molar-refractivity contribution >= 4 is 18.2 Å². The minimum Gasteiger partial charge on any atom is -0.272 e. The number of benzene rings is 2. The Labute approximate surface area is 236 Å². The summed E-state index contributed by atoms with van der Waals surface area (Å²) in [5.74, 6) is 2.26. The van der Waals surface area contributed by atoms with Gasteiger partial charge in [-0.25, -0.2) is 0 Å². The van der Waals surface area contributed by atoms with Gasteiger partial charge < -0.3 is 0 Å². The van der Waals surface area contributed by atoms with E-state index in [0.717, 1.165) is 46.4 Å². The fourth-order valence-electron chi connectivity index (χ4n) is 4.79. The van der Waals surface area contributed by atoms with E-state index in [0.29, 0.717) is 0 Å². The van der Waals surface area contributed by atoms with Crippen LogP contribution < -0.4 is 0 Å². The van der Waals surface area contributed by atoms with Crippen molar-refractivity contribution in [2.45, 2.75) is 48.0 Å². The first-order valence-electron chi connectivity index (χ1n) is 13.1. The molecule has 0 aromatic heterocycles. The van der Waals surface area contributed by atoms with Gasteiger partial charge in [-0.1, -0.05) is 128 Å². The van der Waals surface area contributed by atoms with Crippen LogP contribution in [0, 0.1) is 17.8 Å². The number of rotatable bonds is 10. The van der Waals surface area contributed by atoms with Crippen molar-refractivity contribution in [1.82, 2.24) is 0 Å². The second-order valence-corrected chi connectivity index (χ2v) is 14.4. The van der Waals surface area contributed by atoms with Gasteiger partial charge in [0.05, 0.1) is 0 Å². The molecule has 0 bridgehead atoms. The van der Waals surface area contributed by atoms with E-state index in [9.17, 15) is 0 Å². The van der Waals surface area contributed by atoms with Crippen molar-refractivity contribution < 1.29 is 21.7 Å². The zero-order chi connectivity index (χ0) is 25.8. The van der Waals surface area contributed by atoms with Crippen LogP contribution in [0.15, 0.2) is 102 Å². The smallest absolute Gasteiger partial charge is 0.0425 e.